The molecule has 0 aliphatic carbocycles. The third-order valence-electron chi connectivity index (χ3n) is 1.67. The van der Waals surface area contributed by atoms with Gasteiger partial charge < -0.3 is 9.84 Å². The zero-order valence-corrected chi connectivity index (χ0v) is 8.36. The zero-order chi connectivity index (χ0) is 10.3. The summed E-state index contributed by atoms with van der Waals surface area (Å²) in [6.07, 6.45) is 4.49. The van der Waals surface area contributed by atoms with Gasteiger partial charge in [-0.15, -0.1) is 0 Å². The van der Waals surface area contributed by atoms with Crippen molar-refractivity contribution in [1.82, 2.24) is 0 Å². The van der Waals surface area contributed by atoms with Gasteiger partial charge in [0, 0.05) is 0 Å². The molecule has 13 heavy (non-hydrogen) atoms. The number of ether oxygens (including phenoxy) is 1. The zero-order valence-electron chi connectivity index (χ0n) is 8.36. The smallest absolute Gasteiger partial charge is 0.118 e. The number of hydrogen-bond donors (Lipinski definition) is 1. The highest BCUT2D eigenvalue weighted by Crippen LogP contribution is 2.05. The van der Waals surface area contributed by atoms with Gasteiger partial charge in [0.15, 0.2) is 0 Å². The maximum absolute atomic E-state index is 9.43. The molecular formula is C11H18O2. The topological polar surface area (TPSA) is 29.5 Å². The predicted molar refractivity (Wildman–Crippen MR) is 55.3 cm³/mol. The summed E-state index contributed by atoms with van der Waals surface area (Å²) in [5, 5.41) is 9.43. The molecule has 0 rings (SSSR count). The second kappa shape index (κ2) is 6.49. The van der Waals surface area contributed by atoms with Crippen molar-refractivity contribution in [2.24, 2.45) is 5.92 Å². The summed E-state index contributed by atoms with van der Waals surface area (Å²) in [5.74, 6) is 0.837. The Morgan fingerprint density at radius 2 is 2.08 bits per heavy atom. The second-order valence-corrected chi connectivity index (χ2v) is 3.13. The Kier molecular flexibility index (Phi) is 5.98. The summed E-state index contributed by atoms with van der Waals surface area (Å²) in [7, 11) is 0. The predicted octanol–water partition coefficient (Wildman–Crippen LogP) is 2.28. The van der Waals surface area contributed by atoms with E-state index in [0.29, 0.717) is 12.4 Å². The van der Waals surface area contributed by atoms with Crippen LogP contribution in [-0.2, 0) is 4.74 Å². The minimum atomic E-state index is -0.437. The van der Waals surface area contributed by atoms with Crippen LogP contribution in [0.3, 0.4) is 0 Å². The van der Waals surface area contributed by atoms with E-state index in [-0.39, 0.29) is 5.92 Å². The van der Waals surface area contributed by atoms with Crippen molar-refractivity contribution < 1.29 is 9.84 Å². The Morgan fingerprint density at radius 3 is 2.46 bits per heavy atom. The number of rotatable bonds is 6. The number of hydrogen-bond acceptors (Lipinski definition) is 2. The van der Waals surface area contributed by atoms with E-state index >= 15 is 0 Å². The van der Waals surface area contributed by atoms with Crippen molar-refractivity contribution in [3.8, 4) is 0 Å². The summed E-state index contributed by atoms with van der Waals surface area (Å²) >= 11 is 0. The van der Waals surface area contributed by atoms with Gasteiger partial charge in [0.05, 0.1) is 6.10 Å². The van der Waals surface area contributed by atoms with E-state index < -0.39 is 6.10 Å². The fourth-order valence-electron chi connectivity index (χ4n) is 0.665. The van der Waals surface area contributed by atoms with Crippen LogP contribution in [0, 0.1) is 5.92 Å². The molecule has 2 nitrogen and oxygen atoms in total. The van der Waals surface area contributed by atoms with Gasteiger partial charge >= 0.3 is 0 Å². The molecule has 0 heterocycles. The lowest BCUT2D eigenvalue weighted by Crippen LogP contribution is -2.21. The average Bonchev–Trinajstić information content (AvgIpc) is 2.11. The highest BCUT2D eigenvalue weighted by molar-refractivity contribution is 5.14. The Balaban J connectivity index is 3.92. The summed E-state index contributed by atoms with van der Waals surface area (Å²) in [4.78, 5) is 0. The third-order valence-corrected chi connectivity index (χ3v) is 1.67. The van der Waals surface area contributed by atoms with Crippen LogP contribution in [-0.4, -0.2) is 17.8 Å². The van der Waals surface area contributed by atoms with E-state index in [9.17, 15) is 5.11 Å². The molecule has 0 aliphatic heterocycles. The third kappa shape index (κ3) is 5.26. The molecule has 0 fully saturated rings. The standard InChI is InChI=1S/C11H18O2/c1-5-7-10(6-2)13-8-11(12)9(3)4/h5-7,9,11-12H,1-2,8H2,3-4H3/b10-7+. The Morgan fingerprint density at radius 1 is 1.46 bits per heavy atom. The van der Waals surface area contributed by atoms with E-state index in [0.717, 1.165) is 0 Å². The first-order chi connectivity index (χ1) is 6.11. The van der Waals surface area contributed by atoms with Gasteiger partial charge in [0.2, 0.25) is 0 Å². The van der Waals surface area contributed by atoms with Crippen LogP contribution < -0.4 is 0 Å². The van der Waals surface area contributed by atoms with Gasteiger partial charge in [-0.1, -0.05) is 33.1 Å². The molecule has 0 saturated carbocycles. The number of aliphatic hydroxyl groups is 1. The lowest BCUT2D eigenvalue weighted by atomic mass is 10.1. The molecule has 1 unspecified atom stereocenters. The average molecular weight is 182 g/mol. The van der Waals surface area contributed by atoms with Gasteiger partial charge in [-0.3, -0.25) is 0 Å². The molecule has 1 N–H and O–H groups in total. The minimum absolute atomic E-state index is 0.204. The van der Waals surface area contributed by atoms with E-state index in [1.54, 1.807) is 18.2 Å². The van der Waals surface area contributed by atoms with E-state index in [1.807, 2.05) is 13.8 Å². The van der Waals surface area contributed by atoms with Crippen LogP contribution in [0.2, 0.25) is 0 Å². The highest BCUT2D eigenvalue weighted by Gasteiger charge is 2.09. The fourth-order valence-corrected chi connectivity index (χ4v) is 0.665. The fraction of sp³-hybridized carbons (Fsp3) is 0.455. The van der Waals surface area contributed by atoms with E-state index in [1.165, 1.54) is 0 Å². The van der Waals surface area contributed by atoms with E-state index in [4.69, 9.17) is 4.74 Å². The maximum Gasteiger partial charge on any atom is 0.118 e. The van der Waals surface area contributed by atoms with Gasteiger partial charge in [-0.05, 0) is 18.1 Å². The molecule has 0 aromatic carbocycles. The highest BCUT2D eigenvalue weighted by atomic mass is 16.5. The molecule has 0 radical (unpaired) electrons. The first-order valence-corrected chi connectivity index (χ1v) is 4.37. The quantitative estimate of drug-likeness (QED) is 0.504. The second-order valence-electron chi connectivity index (χ2n) is 3.13. The van der Waals surface area contributed by atoms with E-state index in [2.05, 4.69) is 13.2 Å². The monoisotopic (exact) mass is 182 g/mol. The lowest BCUT2D eigenvalue weighted by Gasteiger charge is -2.15. The van der Waals surface area contributed by atoms with Crippen molar-refractivity contribution in [3.05, 3.63) is 37.1 Å². The largest absolute Gasteiger partial charge is 0.491 e. The molecule has 0 aliphatic rings. The van der Waals surface area contributed by atoms with Crippen molar-refractivity contribution >= 4 is 0 Å². The summed E-state index contributed by atoms with van der Waals surface area (Å²) in [6, 6.07) is 0. The number of aliphatic hydroxyl groups excluding tert-OH is 1. The Labute approximate surface area is 80.2 Å². The molecule has 0 spiro atoms. The van der Waals surface area contributed by atoms with Crippen LogP contribution in [0.5, 0.6) is 0 Å². The lowest BCUT2D eigenvalue weighted by molar-refractivity contribution is 0.0446. The molecule has 0 bridgehead atoms. The first-order valence-electron chi connectivity index (χ1n) is 4.37. The summed E-state index contributed by atoms with van der Waals surface area (Å²) < 4.78 is 5.28. The van der Waals surface area contributed by atoms with Gasteiger partial charge in [-0.25, -0.2) is 0 Å². The number of allylic oxidation sites excluding steroid dienone is 3. The Hall–Kier alpha value is -1.02. The normalized spacial score (nSPS) is 14.0. The molecule has 0 aromatic heterocycles. The van der Waals surface area contributed by atoms with Crippen LogP contribution >= 0.6 is 0 Å². The van der Waals surface area contributed by atoms with Crippen LogP contribution in [0.1, 0.15) is 13.8 Å². The molecule has 74 valence electrons. The molecule has 0 aromatic rings. The first kappa shape index (κ1) is 12.0. The molecule has 2 heteroatoms. The molecule has 0 saturated heterocycles. The SMILES string of the molecule is C=C/C=C(\C=C)OCC(O)C(C)C. The van der Waals surface area contributed by atoms with Crippen molar-refractivity contribution in [2.45, 2.75) is 20.0 Å². The van der Waals surface area contributed by atoms with Crippen molar-refractivity contribution in [1.29, 1.82) is 0 Å². The van der Waals surface area contributed by atoms with Crippen LogP contribution in [0.15, 0.2) is 37.1 Å². The van der Waals surface area contributed by atoms with Crippen molar-refractivity contribution in [3.63, 3.8) is 0 Å². The van der Waals surface area contributed by atoms with Crippen LogP contribution in [0.25, 0.3) is 0 Å². The molecular weight excluding hydrogens is 164 g/mol. The molecule has 0 amide bonds. The minimum Gasteiger partial charge on any atom is -0.491 e. The van der Waals surface area contributed by atoms with Crippen LogP contribution in [0.4, 0.5) is 0 Å². The van der Waals surface area contributed by atoms with Gasteiger partial charge in [-0.2, -0.15) is 0 Å². The maximum atomic E-state index is 9.43. The van der Waals surface area contributed by atoms with Gasteiger partial charge in [0.1, 0.15) is 12.4 Å². The summed E-state index contributed by atoms with van der Waals surface area (Å²) in [6.45, 7) is 11.3. The summed E-state index contributed by atoms with van der Waals surface area (Å²) in [5.41, 5.74) is 0. The van der Waals surface area contributed by atoms with Crippen molar-refractivity contribution in [2.75, 3.05) is 6.61 Å². The molecule has 1 atom stereocenters. The van der Waals surface area contributed by atoms with Gasteiger partial charge in [0.25, 0.3) is 0 Å². The Bertz CT molecular complexity index is 192.